The molecule has 0 amide bonds. The number of nitrogens with zero attached hydrogens (tertiary/aromatic N) is 1. The van der Waals surface area contributed by atoms with E-state index >= 15 is 0 Å². The van der Waals surface area contributed by atoms with Crippen LogP contribution in [-0.4, -0.2) is 29.5 Å². The summed E-state index contributed by atoms with van der Waals surface area (Å²) in [7, 11) is 0. The first-order chi connectivity index (χ1) is 12.0. The largest absolute Gasteiger partial charge is 0.494 e. The van der Waals surface area contributed by atoms with E-state index in [1.165, 1.54) is 0 Å². The maximum Gasteiger partial charge on any atom is 0.340 e. The van der Waals surface area contributed by atoms with Gasteiger partial charge in [0.25, 0.3) is 0 Å². The molecule has 132 valence electrons. The Bertz CT molecular complexity index is 785. The van der Waals surface area contributed by atoms with Crippen LogP contribution in [0.2, 0.25) is 0 Å². The van der Waals surface area contributed by atoms with E-state index in [9.17, 15) is 9.59 Å². The van der Waals surface area contributed by atoms with Crippen LogP contribution < -0.4 is 4.74 Å². The molecule has 0 N–H and O–H groups in total. The van der Waals surface area contributed by atoms with Crippen LogP contribution in [0.5, 0.6) is 5.75 Å². The van der Waals surface area contributed by atoms with Crippen LogP contribution in [0.25, 0.3) is 0 Å². The number of carbonyl (C=O) groups excluding carboxylic acids is 2. The number of rotatable bonds is 7. The summed E-state index contributed by atoms with van der Waals surface area (Å²) in [4.78, 5) is 24.5. The normalized spacial score (nSPS) is 13.6. The average molecular weight is 341 g/mol. The Balaban J connectivity index is 1.62. The number of aryl methyl sites for hydroxylation is 1. The summed E-state index contributed by atoms with van der Waals surface area (Å²) in [6.07, 6.45) is 2.31. The molecule has 1 heterocycles. The molecule has 0 radical (unpaired) electrons. The first-order valence-corrected chi connectivity index (χ1v) is 8.63. The smallest absolute Gasteiger partial charge is 0.340 e. The van der Waals surface area contributed by atoms with Crippen molar-refractivity contribution in [2.75, 3.05) is 13.2 Å². The molecule has 5 heteroatoms. The summed E-state index contributed by atoms with van der Waals surface area (Å²) >= 11 is 0. The summed E-state index contributed by atoms with van der Waals surface area (Å²) < 4.78 is 12.8. The van der Waals surface area contributed by atoms with Gasteiger partial charge in [-0.2, -0.15) is 0 Å². The van der Waals surface area contributed by atoms with Crippen molar-refractivity contribution in [1.29, 1.82) is 0 Å². The van der Waals surface area contributed by atoms with E-state index in [0.29, 0.717) is 29.5 Å². The number of ether oxygens (including phenoxy) is 2. The fourth-order valence-electron chi connectivity index (χ4n) is 3.07. The number of Topliss-reactive ketones (excluding diaryl/α,β-unsaturated/α-hetero) is 1. The van der Waals surface area contributed by atoms with Gasteiger partial charge in [-0.25, -0.2) is 4.79 Å². The predicted molar refractivity (Wildman–Crippen MR) is 94.4 cm³/mol. The summed E-state index contributed by atoms with van der Waals surface area (Å²) in [5, 5.41) is 0. The molecule has 5 nitrogen and oxygen atoms in total. The highest BCUT2D eigenvalue weighted by atomic mass is 16.5. The van der Waals surface area contributed by atoms with Gasteiger partial charge in [0.15, 0.2) is 12.4 Å². The maximum atomic E-state index is 12.3. The zero-order chi connectivity index (χ0) is 18.0. The van der Waals surface area contributed by atoms with Gasteiger partial charge in [0.05, 0.1) is 12.2 Å². The molecule has 25 heavy (non-hydrogen) atoms. The van der Waals surface area contributed by atoms with Crippen molar-refractivity contribution < 1.29 is 19.1 Å². The second-order valence-electron chi connectivity index (χ2n) is 6.34. The topological polar surface area (TPSA) is 57.5 Å². The molecule has 2 aromatic rings. The van der Waals surface area contributed by atoms with Crippen LogP contribution in [0.3, 0.4) is 0 Å². The molecule has 1 aromatic heterocycles. The van der Waals surface area contributed by atoms with E-state index in [-0.39, 0.29) is 12.4 Å². The second-order valence-corrected chi connectivity index (χ2v) is 6.34. The number of hydrogen-bond donors (Lipinski definition) is 0. The van der Waals surface area contributed by atoms with E-state index in [0.717, 1.165) is 24.2 Å². The molecule has 3 rings (SSSR count). The Hall–Kier alpha value is -2.56. The van der Waals surface area contributed by atoms with Gasteiger partial charge in [0, 0.05) is 23.0 Å². The first kappa shape index (κ1) is 17.3. The van der Waals surface area contributed by atoms with E-state index < -0.39 is 5.97 Å². The van der Waals surface area contributed by atoms with E-state index in [1.807, 2.05) is 26.8 Å². The Morgan fingerprint density at radius 2 is 1.84 bits per heavy atom. The predicted octanol–water partition coefficient (Wildman–Crippen LogP) is 3.88. The highest BCUT2D eigenvalue weighted by Crippen LogP contribution is 2.38. The van der Waals surface area contributed by atoms with Crippen molar-refractivity contribution in [3.8, 4) is 5.75 Å². The van der Waals surface area contributed by atoms with Gasteiger partial charge in [-0.15, -0.1) is 0 Å². The van der Waals surface area contributed by atoms with Crippen LogP contribution in [0.4, 0.5) is 0 Å². The standard InChI is InChI=1S/C20H23NO4/c1-4-24-17-9-5-15(6-10-17)19(22)12-25-20(23)18-11-13(2)21(14(18)3)16-7-8-16/h5-6,9-11,16H,4,7-8,12H2,1-3H3. The first-order valence-electron chi connectivity index (χ1n) is 8.63. The van der Waals surface area contributed by atoms with Crippen molar-refractivity contribution in [3.05, 3.63) is 52.8 Å². The van der Waals surface area contributed by atoms with Crippen molar-refractivity contribution in [2.45, 2.75) is 39.7 Å². The lowest BCUT2D eigenvalue weighted by Crippen LogP contribution is -2.15. The fourth-order valence-corrected chi connectivity index (χ4v) is 3.07. The van der Waals surface area contributed by atoms with Gasteiger partial charge >= 0.3 is 5.97 Å². The van der Waals surface area contributed by atoms with Crippen molar-refractivity contribution in [3.63, 3.8) is 0 Å². The van der Waals surface area contributed by atoms with Gasteiger partial charge in [0.2, 0.25) is 0 Å². The third-order valence-corrected chi connectivity index (χ3v) is 4.44. The average Bonchev–Trinajstić information content (AvgIpc) is 3.38. The Morgan fingerprint density at radius 3 is 2.44 bits per heavy atom. The Labute approximate surface area is 147 Å². The van der Waals surface area contributed by atoms with Gasteiger partial charge < -0.3 is 14.0 Å². The number of aromatic nitrogens is 1. The highest BCUT2D eigenvalue weighted by molar-refractivity contribution is 5.99. The summed E-state index contributed by atoms with van der Waals surface area (Å²) in [6, 6.07) is 9.19. The van der Waals surface area contributed by atoms with Gasteiger partial charge in [0.1, 0.15) is 5.75 Å². The number of carbonyl (C=O) groups is 2. The molecule has 1 aliphatic carbocycles. The van der Waals surface area contributed by atoms with Crippen LogP contribution in [0, 0.1) is 13.8 Å². The Kier molecular flexibility index (Phi) is 4.93. The lowest BCUT2D eigenvalue weighted by atomic mass is 10.1. The molecule has 1 saturated carbocycles. The molecule has 0 bridgehead atoms. The summed E-state index contributed by atoms with van der Waals surface area (Å²) in [5.41, 5.74) is 3.02. The number of ketones is 1. The third-order valence-electron chi connectivity index (χ3n) is 4.44. The molecule has 1 fully saturated rings. The molecular formula is C20H23NO4. The van der Waals surface area contributed by atoms with Crippen LogP contribution in [-0.2, 0) is 4.74 Å². The Morgan fingerprint density at radius 1 is 1.16 bits per heavy atom. The van der Waals surface area contributed by atoms with E-state index in [2.05, 4.69) is 4.57 Å². The lowest BCUT2D eigenvalue weighted by Gasteiger charge is -2.08. The molecule has 0 spiro atoms. The molecular weight excluding hydrogens is 318 g/mol. The van der Waals surface area contributed by atoms with E-state index in [1.54, 1.807) is 24.3 Å². The summed E-state index contributed by atoms with van der Waals surface area (Å²) in [5.74, 6) is 0.0373. The molecule has 0 unspecified atom stereocenters. The number of esters is 1. The quantitative estimate of drug-likeness (QED) is 0.566. The van der Waals surface area contributed by atoms with Crippen molar-refractivity contribution in [2.24, 2.45) is 0 Å². The molecule has 0 atom stereocenters. The SMILES string of the molecule is CCOc1ccc(C(=O)COC(=O)c2cc(C)n(C3CC3)c2C)cc1. The minimum atomic E-state index is -0.445. The van der Waals surface area contributed by atoms with Gasteiger partial charge in [-0.05, 0) is 63.9 Å². The van der Waals surface area contributed by atoms with Crippen LogP contribution in [0.1, 0.15) is 57.9 Å². The molecule has 1 aliphatic rings. The fraction of sp³-hybridized carbons (Fsp3) is 0.400. The minimum absolute atomic E-state index is 0.229. The maximum absolute atomic E-state index is 12.3. The van der Waals surface area contributed by atoms with Crippen molar-refractivity contribution in [1.82, 2.24) is 4.57 Å². The second kappa shape index (κ2) is 7.13. The van der Waals surface area contributed by atoms with E-state index in [4.69, 9.17) is 9.47 Å². The molecule has 1 aromatic carbocycles. The lowest BCUT2D eigenvalue weighted by molar-refractivity contribution is 0.0474. The van der Waals surface area contributed by atoms with Gasteiger partial charge in [-0.1, -0.05) is 0 Å². The van der Waals surface area contributed by atoms with Crippen LogP contribution in [0.15, 0.2) is 30.3 Å². The highest BCUT2D eigenvalue weighted by Gasteiger charge is 2.28. The third kappa shape index (κ3) is 3.76. The van der Waals surface area contributed by atoms with Crippen LogP contribution >= 0.6 is 0 Å². The zero-order valence-corrected chi connectivity index (χ0v) is 14.9. The van der Waals surface area contributed by atoms with Crippen molar-refractivity contribution >= 4 is 11.8 Å². The zero-order valence-electron chi connectivity index (χ0n) is 14.9. The molecule has 0 saturated heterocycles. The number of benzene rings is 1. The molecule has 0 aliphatic heterocycles. The monoisotopic (exact) mass is 341 g/mol. The minimum Gasteiger partial charge on any atom is -0.494 e. The summed E-state index contributed by atoms with van der Waals surface area (Å²) in [6.45, 7) is 6.13. The number of hydrogen-bond acceptors (Lipinski definition) is 4. The van der Waals surface area contributed by atoms with Gasteiger partial charge in [-0.3, -0.25) is 4.79 Å².